The number of carbonyl (C=O) groups excluding carboxylic acids is 1. The first-order valence-corrected chi connectivity index (χ1v) is 6.30. The second-order valence-electron chi connectivity index (χ2n) is 4.56. The first-order valence-electron chi connectivity index (χ1n) is 6.30. The quantitative estimate of drug-likeness (QED) is 0.943. The molecule has 1 amide bonds. The minimum Gasteiger partial charge on any atom is -0.350 e. The fourth-order valence-electron chi connectivity index (χ4n) is 1.91. The molecule has 1 aromatic heterocycles. The van der Waals surface area contributed by atoms with E-state index in [1.54, 1.807) is 17.7 Å². The van der Waals surface area contributed by atoms with Crippen LogP contribution in [0.5, 0.6) is 0 Å². The van der Waals surface area contributed by atoms with Crippen LogP contribution in [-0.4, -0.2) is 15.5 Å². The molecule has 4 nitrogen and oxygen atoms in total. The number of nitrogens with one attached hydrogen (secondary N) is 1. The van der Waals surface area contributed by atoms with E-state index in [4.69, 9.17) is 0 Å². The summed E-state index contributed by atoms with van der Waals surface area (Å²) in [5.74, 6) is -0.370. The van der Waals surface area contributed by atoms with Crippen LogP contribution in [0.1, 0.15) is 24.1 Å². The number of imidazole rings is 1. The van der Waals surface area contributed by atoms with E-state index >= 15 is 0 Å². The Bertz CT molecular complexity index is 608. The average molecular weight is 297 g/mol. The second kappa shape index (κ2) is 5.99. The van der Waals surface area contributed by atoms with Crippen LogP contribution in [-0.2, 0) is 17.5 Å². The van der Waals surface area contributed by atoms with Crippen LogP contribution < -0.4 is 5.32 Å². The normalized spacial score (nSPS) is 13.0. The van der Waals surface area contributed by atoms with Crippen LogP contribution in [0, 0.1) is 0 Å². The monoisotopic (exact) mass is 297 g/mol. The Morgan fingerprint density at radius 3 is 2.71 bits per heavy atom. The largest absolute Gasteiger partial charge is 0.416 e. The summed E-state index contributed by atoms with van der Waals surface area (Å²) in [5.41, 5.74) is -0.697. The Morgan fingerprint density at radius 2 is 2.10 bits per heavy atom. The predicted octanol–water partition coefficient (Wildman–Crippen LogP) is 2.78. The lowest BCUT2D eigenvalue weighted by molar-refractivity contribution is -0.138. The minimum atomic E-state index is -4.43. The molecule has 1 N–H and O–H groups in total. The molecule has 112 valence electrons. The summed E-state index contributed by atoms with van der Waals surface area (Å²) in [7, 11) is 0. The molecule has 7 heteroatoms. The van der Waals surface area contributed by atoms with Gasteiger partial charge in [0.15, 0.2) is 0 Å². The van der Waals surface area contributed by atoms with Gasteiger partial charge < -0.3 is 9.88 Å². The zero-order valence-corrected chi connectivity index (χ0v) is 11.3. The third-order valence-electron chi connectivity index (χ3n) is 3.13. The number of aromatic nitrogens is 2. The van der Waals surface area contributed by atoms with Crippen molar-refractivity contribution >= 4 is 5.91 Å². The van der Waals surface area contributed by atoms with Crippen LogP contribution >= 0.6 is 0 Å². The molecule has 2 aromatic rings. The van der Waals surface area contributed by atoms with Gasteiger partial charge in [0, 0.05) is 18.9 Å². The van der Waals surface area contributed by atoms with Crippen LogP contribution in [0.2, 0.25) is 0 Å². The number of alkyl halides is 3. The zero-order valence-electron chi connectivity index (χ0n) is 11.3. The van der Waals surface area contributed by atoms with Crippen molar-refractivity contribution in [3.63, 3.8) is 0 Å². The molecule has 2 rings (SSSR count). The lowest BCUT2D eigenvalue weighted by Gasteiger charge is -2.16. The topological polar surface area (TPSA) is 46.9 Å². The van der Waals surface area contributed by atoms with Gasteiger partial charge in [-0.15, -0.1) is 0 Å². The molecule has 0 bridgehead atoms. The summed E-state index contributed by atoms with van der Waals surface area (Å²) in [4.78, 5) is 15.8. The van der Waals surface area contributed by atoms with Crippen molar-refractivity contribution in [3.05, 3.63) is 54.1 Å². The number of halogens is 3. The number of amides is 1. The highest BCUT2D eigenvalue weighted by molar-refractivity contribution is 5.79. The average Bonchev–Trinajstić information content (AvgIpc) is 2.97. The van der Waals surface area contributed by atoms with E-state index in [1.165, 1.54) is 30.7 Å². The van der Waals surface area contributed by atoms with Crippen molar-refractivity contribution < 1.29 is 18.0 Å². The molecular formula is C14H14F3N3O. The molecule has 0 saturated carbocycles. The Labute approximate surface area is 119 Å². The van der Waals surface area contributed by atoms with Gasteiger partial charge >= 0.3 is 6.18 Å². The summed E-state index contributed by atoms with van der Waals surface area (Å²) in [5, 5.41) is 2.51. The van der Waals surface area contributed by atoms with Crippen molar-refractivity contribution in [3.8, 4) is 0 Å². The molecule has 0 aliphatic heterocycles. The Balaban J connectivity index is 2.05. The fraction of sp³-hybridized carbons (Fsp3) is 0.286. The van der Waals surface area contributed by atoms with E-state index in [0.29, 0.717) is 0 Å². The van der Waals surface area contributed by atoms with Gasteiger partial charge in [-0.25, -0.2) is 4.98 Å². The first-order chi connectivity index (χ1) is 9.89. The maximum Gasteiger partial charge on any atom is 0.416 e. The molecule has 0 aliphatic rings. The van der Waals surface area contributed by atoms with Crippen molar-refractivity contribution in [1.29, 1.82) is 0 Å². The summed E-state index contributed by atoms with van der Waals surface area (Å²) >= 11 is 0. The molecule has 0 radical (unpaired) electrons. The predicted molar refractivity (Wildman–Crippen MR) is 70.2 cm³/mol. The lowest BCUT2D eigenvalue weighted by atomic mass is 10.1. The number of carbonyl (C=O) groups is 1. The molecule has 0 spiro atoms. The summed E-state index contributed by atoms with van der Waals surface area (Å²) in [6, 6.07) is 4.65. The molecule has 1 unspecified atom stereocenters. The molecular weight excluding hydrogens is 283 g/mol. The van der Waals surface area contributed by atoms with E-state index in [2.05, 4.69) is 10.3 Å². The lowest BCUT2D eigenvalue weighted by Crippen LogP contribution is -2.30. The first kappa shape index (κ1) is 15.1. The highest BCUT2D eigenvalue weighted by Gasteiger charge is 2.32. The molecule has 0 fully saturated rings. The molecule has 0 aliphatic carbocycles. The minimum absolute atomic E-state index is 0.0381. The summed E-state index contributed by atoms with van der Waals surface area (Å²) in [6.07, 6.45) is 0.196. The van der Waals surface area contributed by atoms with E-state index < -0.39 is 17.8 Å². The summed E-state index contributed by atoms with van der Waals surface area (Å²) in [6.45, 7) is 1.47. The Kier molecular flexibility index (Phi) is 4.30. The maximum atomic E-state index is 12.8. The van der Waals surface area contributed by atoms with Crippen LogP contribution in [0.25, 0.3) is 0 Å². The molecule has 1 heterocycles. The smallest absolute Gasteiger partial charge is 0.350 e. The number of hydrogen-bond donors (Lipinski definition) is 1. The maximum absolute atomic E-state index is 12.8. The molecule has 0 saturated heterocycles. The van der Waals surface area contributed by atoms with Gasteiger partial charge in [0.25, 0.3) is 0 Å². The van der Waals surface area contributed by atoms with Gasteiger partial charge in [0.1, 0.15) is 6.04 Å². The van der Waals surface area contributed by atoms with Crippen molar-refractivity contribution in [2.24, 2.45) is 0 Å². The van der Waals surface area contributed by atoms with Crippen LogP contribution in [0.4, 0.5) is 13.2 Å². The third kappa shape index (κ3) is 3.62. The van der Waals surface area contributed by atoms with Gasteiger partial charge in [-0.1, -0.05) is 18.2 Å². The SMILES string of the molecule is CC(C(=O)NCc1ccccc1C(F)(F)F)n1ccnc1. The van der Waals surface area contributed by atoms with Crippen molar-refractivity contribution in [1.82, 2.24) is 14.9 Å². The van der Waals surface area contributed by atoms with Crippen molar-refractivity contribution in [2.45, 2.75) is 25.7 Å². The highest BCUT2D eigenvalue weighted by Crippen LogP contribution is 2.31. The van der Waals surface area contributed by atoms with E-state index in [9.17, 15) is 18.0 Å². The van der Waals surface area contributed by atoms with Crippen molar-refractivity contribution in [2.75, 3.05) is 0 Å². The number of nitrogens with zero attached hydrogens (tertiary/aromatic N) is 2. The Morgan fingerprint density at radius 1 is 1.38 bits per heavy atom. The molecule has 21 heavy (non-hydrogen) atoms. The number of benzene rings is 1. The Hall–Kier alpha value is -2.31. The van der Waals surface area contributed by atoms with Gasteiger partial charge in [-0.2, -0.15) is 13.2 Å². The third-order valence-corrected chi connectivity index (χ3v) is 3.13. The standard InChI is InChI=1S/C14H14F3N3O/c1-10(20-7-6-18-9-20)13(21)19-8-11-4-2-3-5-12(11)14(15,16)17/h2-7,9-10H,8H2,1H3,(H,19,21). The van der Waals surface area contributed by atoms with E-state index in [1.807, 2.05) is 0 Å². The highest BCUT2D eigenvalue weighted by atomic mass is 19.4. The number of rotatable bonds is 4. The van der Waals surface area contributed by atoms with Crippen LogP contribution in [0.15, 0.2) is 43.0 Å². The summed E-state index contributed by atoms with van der Waals surface area (Å²) < 4.78 is 40.1. The van der Waals surface area contributed by atoms with Crippen LogP contribution in [0.3, 0.4) is 0 Å². The van der Waals surface area contributed by atoms with Gasteiger partial charge in [0.2, 0.25) is 5.91 Å². The number of hydrogen-bond acceptors (Lipinski definition) is 2. The molecule has 1 atom stereocenters. The second-order valence-corrected chi connectivity index (χ2v) is 4.56. The van der Waals surface area contributed by atoms with E-state index in [0.717, 1.165) is 6.07 Å². The van der Waals surface area contributed by atoms with Gasteiger partial charge in [-0.3, -0.25) is 4.79 Å². The molecule has 1 aromatic carbocycles. The van der Waals surface area contributed by atoms with Gasteiger partial charge in [0.05, 0.1) is 11.9 Å². The van der Waals surface area contributed by atoms with Gasteiger partial charge in [-0.05, 0) is 18.6 Å². The fourth-order valence-corrected chi connectivity index (χ4v) is 1.91. The van der Waals surface area contributed by atoms with E-state index in [-0.39, 0.29) is 18.0 Å². The zero-order chi connectivity index (χ0) is 15.5.